The number of halogens is 4. The average Bonchev–Trinajstić information content (AvgIpc) is 3.51. The second kappa shape index (κ2) is 13.8. The van der Waals surface area contributed by atoms with Crippen molar-refractivity contribution in [3.8, 4) is 16.9 Å². The number of ether oxygens (including phenoxy) is 1. The van der Waals surface area contributed by atoms with Gasteiger partial charge in [0.1, 0.15) is 17.3 Å². The first kappa shape index (κ1) is 34.6. The lowest BCUT2D eigenvalue weighted by atomic mass is 9.98. The Morgan fingerprint density at radius 1 is 0.917 bits per heavy atom. The molecule has 0 radical (unpaired) electrons. The van der Waals surface area contributed by atoms with E-state index in [9.17, 15) is 31.5 Å². The number of furan rings is 1. The number of rotatable bonds is 12. The average molecular weight is 686 g/mol. The second-order valence-corrected chi connectivity index (χ2v) is 13.2. The van der Waals surface area contributed by atoms with Crippen molar-refractivity contribution in [3.05, 3.63) is 118 Å². The minimum Gasteiger partial charge on any atom is -0.496 e. The number of aliphatic hydroxyl groups excluding tert-OH is 1. The summed E-state index contributed by atoms with van der Waals surface area (Å²) in [6.45, 7) is 1.52. The SMILES string of the molecule is COc1cc(-c2cc(F)c(CO)c(S(=O)(=O)CC(=O)O)c2)ccc1CN(Cc1ccc(C(F)(F)F)o1)Cc1c(C)ccc2ccccc12. The topological polar surface area (TPSA) is 117 Å². The summed E-state index contributed by atoms with van der Waals surface area (Å²) in [5.74, 6) is -4.64. The number of hydrogen-bond acceptors (Lipinski definition) is 7. The first-order valence-corrected chi connectivity index (χ1v) is 16.3. The van der Waals surface area contributed by atoms with Gasteiger partial charge in [0.05, 0.1) is 25.2 Å². The molecule has 0 unspecified atom stereocenters. The normalized spacial score (nSPS) is 12.2. The molecule has 48 heavy (non-hydrogen) atoms. The number of aliphatic hydroxyl groups is 1. The van der Waals surface area contributed by atoms with E-state index in [-0.39, 0.29) is 24.4 Å². The van der Waals surface area contributed by atoms with Crippen molar-refractivity contribution in [1.29, 1.82) is 0 Å². The molecule has 0 atom stereocenters. The summed E-state index contributed by atoms with van der Waals surface area (Å²) >= 11 is 0. The molecule has 5 aromatic rings. The Bertz CT molecular complexity index is 2090. The van der Waals surface area contributed by atoms with Gasteiger partial charge in [-0.05, 0) is 70.3 Å². The number of fused-ring (bicyclic) bond motifs is 1. The highest BCUT2D eigenvalue weighted by Gasteiger charge is 2.35. The standard InChI is InChI=1S/C35H31F4NO7S/c1-21-7-8-22-5-3-4-6-27(22)28(21)18-40(17-26-11-12-33(47-26)35(37,38)39)16-24-10-9-23(14-31(24)46-2)25-13-30(36)29(19-41)32(15-25)48(44,45)20-34(42)43/h3-15,41H,16-20H2,1-2H3,(H,42,43). The molecular formula is C35H31F4NO7S. The molecule has 0 aliphatic rings. The van der Waals surface area contributed by atoms with Crippen LogP contribution in [0.25, 0.3) is 21.9 Å². The Balaban J connectivity index is 1.53. The van der Waals surface area contributed by atoms with Gasteiger partial charge in [-0.3, -0.25) is 9.69 Å². The lowest BCUT2D eigenvalue weighted by Gasteiger charge is -2.25. The van der Waals surface area contributed by atoms with Gasteiger partial charge in [0.25, 0.3) is 0 Å². The van der Waals surface area contributed by atoms with Crippen LogP contribution in [-0.2, 0) is 47.0 Å². The lowest BCUT2D eigenvalue weighted by Crippen LogP contribution is -2.23. The fourth-order valence-electron chi connectivity index (χ4n) is 5.63. The van der Waals surface area contributed by atoms with Gasteiger partial charge in [0, 0.05) is 24.2 Å². The molecule has 13 heteroatoms. The molecule has 1 heterocycles. The monoisotopic (exact) mass is 685 g/mol. The Labute approximate surface area is 273 Å². The number of benzene rings is 4. The number of methoxy groups -OCH3 is 1. The number of carbonyl (C=O) groups is 1. The van der Waals surface area contributed by atoms with E-state index in [2.05, 4.69) is 0 Å². The van der Waals surface area contributed by atoms with Gasteiger partial charge in [-0.25, -0.2) is 12.8 Å². The maximum Gasteiger partial charge on any atom is 0.449 e. The molecule has 0 aliphatic carbocycles. The van der Waals surface area contributed by atoms with E-state index in [4.69, 9.17) is 14.3 Å². The van der Waals surface area contributed by atoms with Crippen molar-refractivity contribution < 1.29 is 50.1 Å². The molecule has 0 aliphatic heterocycles. The maximum absolute atomic E-state index is 15.0. The highest BCUT2D eigenvalue weighted by atomic mass is 32.2. The number of hydrogen-bond donors (Lipinski definition) is 2. The maximum atomic E-state index is 15.0. The van der Waals surface area contributed by atoms with Crippen LogP contribution in [0.5, 0.6) is 5.75 Å². The van der Waals surface area contributed by atoms with Gasteiger partial charge in [0.2, 0.25) is 5.76 Å². The zero-order chi connectivity index (χ0) is 34.8. The fourth-order valence-corrected chi connectivity index (χ4v) is 6.95. The Hall–Kier alpha value is -4.72. The van der Waals surface area contributed by atoms with E-state index in [1.807, 2.05) is 48.2 Å². The lowest BCUT2D eigenvalue weighted by molar-refractivity contribution is -0.153. The highest BCUT2D eigenvalue weighted by molar-refractivity contribution is 7.92. The number of nitrogens with zero attached hydrogens (tertiary/aromatic N) is 1. The number of alkyl halides is 3. The molecule has 0 saturated heterocycles. The minimum absolute atomic E-state index is 0.0161. The molecule has 0 fully saturated rings. The highest BCUT2D eigenvalue weighted by Crippen LogP contribution is 2.35. The van der Waals surface area contributed by atoms with Gasteiger partial charge in [-0.15, -0.1) is 0 Å². The van der Waals surface area contributed by atoms with E-state index >= 15 is 4.39 Å². The number of carboxylic acids is 1. The molecule has 4 aromatic carbocycles. The largest absolute Gasteiger partial charge is 0.496 e. The van der Waals surface area contributed by atoms with E-state index in [1.165, 1.54) is 13.2 Å². The first-order chi connectivity index (χ1) is 22.7. The Kier molecular flexibility index (Phi) is 9.94. The van der Waals surface area contributed by atoms with Crippen molar-refractivity contribution in [1.82, 2.24) is 4.90 Å². The van der Waals surface area contributed by atoms with Gasteiger partial charge in [-0.1, -0.05) is 48.5 Å². The number of carboxylic acid groups (broad SMARTS) is 1. The molecule has 0 bridgehead atoms. The van der Waals surface area contributed by atoms with Gasteiger partial charge < -0.3 is 19.4 Å². The van der Waals surface area contributed by atoms with Crippen molar-refractivity contribution in [2.45, 2.75) is 44.2 Å². The summed E-state index contributed by atoms with van der Waals surface area (Å²) in [5.41, 5.74) is 2.46. The zero-order valence-corrected chi connectivity index (χ0v) is 26.7. The summed E-state index contributed by atoms with van der Waals surface area (Å²) in [7, 11) is -3.09. The third-order valence-electron chi connectivity index (χ3n) is 7.95. The number of sulfone groups is 1. The molecule has 8 nitrogen and oxygen atoms in total. The van der Waals surface area contributed by atoms with E-state index in [1.54, 1.807) is 18.2 Å². The molecule has 2 N–H and O–H groups in total. The molecule has 0 spiro atoms. The van der Waals surface area contributed by atoms with Gasteiger partial charge >= 0.3 is 12.1 Å². The van der Waals surface area contributed by atoms with Crippen molar-refractivity contribution in [3.63, 3.8) is 0 Å². The molecule has 0 amide bonds. The molecule has 1 aromatic heterocycles. The number of aliphatic carboxylic acids is 1. The summed E-state index contributed by atoms with van der Waals surface area (Å²) in [4.78, 5) is 12.4. The molecular weight excluding hydrogens is 654 g/mol. The van der Waals surface area contributed by atoms with Crippen LogP contribution in [-0.4, -0.2) is 42.4 Å². The van der Waals surface area contributed by atoms with Crippen LogP contribution in [0.1, 0.15) is 33.8 Å². The quantitative estimate of drug-likeness (QED) is 0.133. The van der Waals surface area contributed by atoms with Crippen molar-refractivity contribution >= 4 is 26.6 Å². The van der Waals surface area contributed by atoms with Gasteiger partial charge in [0.15, 0.2) is 15.6 Å². The predicted molar refractivity (Wildman–Crippen MR) is 169 cm³/mol. The zero-order valence-electron chi connectivity index (χ0n) is 25.8. The second-order valence-electron chi connectivity index (χ2n) is 11.3. The third kappa shape index (κ3) is 7.53. The van der Waals surface area contributed by atoms with Crippen molar-refractivity contribution in [2.75, 3.05) is 12.9 Å². The predicted octanol–water partition coefficient (Wildman–Crippen LogP) is 7.13. The van der Waals surface area contributed by atoms with Crippen LogP contribution in [0.3, 0.4) is 0 Å². The van der Waals surface area contributed by atoms with E-state index in [0.717, 1.165) is 40.1 Å². The summed E-state index contributed by atoms with van der Waals surface area (Å²) in [5, 5.41) is 20.7. The number of aryl methyl sites for hydroxylation is 1. The van der Waals surface area contributed by atoms with Crippen LogP contribution in [0.4, 0.5) is 17.6 Å². The van der Waals surface area contributed by atoms with Crippen molar-refractivity contribution in [2.24, 2.45) is 0 Å². The van der Waals surface area contributed by atoms with Crippen LogP contribution < -0.4 is 4.74 Å². The summed E-state index contributed by atoms with van der Waals surface area (Å²) in [6, 6.07) is 20.9. The molecule has 5 rings (SSSR count). The van der Waals surface area contributed by atoms with E-state index < -0.39 is 56.4 Å². The Morgan fingerprint density at radius 3 is 2.33 bits per heavy atom. The van der Waals surface area contributed by atoms with Crippen LogP contribution in [0.15, 0.2) is 88.2 Å². The smallest absolute Gasteiger partial charge is 0.449 e. The third-order valence-corrected chi connectivity index (χ3v) is 9.61. The fraction of sp³-hybridized carbons (Fsp3) is 0.229. The van der Waals surface area contributed by atoms with Crippen LogP contribution in [0.2, 0.25) is 0 Å². The first-order valence-electron chi connectivity index (χ1n) is 14.6. The summed E-state index contributed by atoms with van der Waals surface area (Å²) in [6.07, 6.45) is -4.64. The summed E-state index contributed by atoms with van der Waals surface area (Å²) < 4.78 is 91.4. The van der Waals surface area contributed by atoms with E-state index in [0.29, 0.717) is 23.4 Å². The van der Waals surface area contributed by atoms with Crippen LogP contribution in [0, 0.1) is 12.7 Å². The Morgan fingerprint density at radius 2 is 1.67 bits per heavy atom. The molecule has 0 saturated carbocycles. The minimum atomic E-state index is -4.64. The van der Waals surface area contributed by atoms with Crippen LogP contribution >= 0.6 is 0 Å². The molecule has 252 valence electrons. The van der Waals surface area contributed by atoms with Gasteiger partial charge in [-0.2, -0.15) is 13.2 Å².